The van der Waals surface area contributed by atoms with Crippen molar-refractivity contribution in [2.75, 3.05) is 13.2 Å². The van der Waals surface area contributed by atoms with Gasteiger partial charge in [-0.3, -0.25) is 4.79 Å². The second-order valence-electron chi connectivity index (χ2n) is 5.88. The van der Waals surface area contributed by atoms with Gasteiger partial charge in [-0.15, -0.1) is 11.3 Å². The van der Waals surface area contributed by atoms with E-state index in [1.165, 1.54) is 5.01 Å². The first-order chi connectivity index (χ1) is 12.2. The van der Waals surface area contributed by atoms with Gasteiger partial charge in [-0.1, -0.05) is 19.1 Å². The molecule has 2 rings (SSSR count). The standard InChI is InChI=1S/C20H26N2O2S/c1-3-14-24-18-10-7-17(8-11-18)9-12-19(23)21-13-5-4-6-20-22-16(2)15-25-20/h7-12,15H,3-6,13-14H2,1-2H3,(H,21,23)/b12-9+. The van der Waals surface area contributed by atoms with Gasteiger partial charge in [0, 0.05) is 23.7 Å². The number of unbranched alkanes of at least 4 members (excludes halogenated alkanes) is 1. The number of nitrogens with one attached hydrogen (secondary N) is 1. The van der Waals surface area contributed by atoms with E-state index in [0.717, 1.165) is 49.3 Å². The number of aryl methyl sites for hydroxylation is 2. The molecule has 1 amide bonds. The van der Waals surface area contributed by atoms with Crippen LogP contribution >= 0.6 is 11.3 Å². The largest absolute Gasteiger partial charge is 0.494 e. The fourth-order valence-electron chi connectivity index (χ4n) is 2.26. The third kappa shape index (κ3) is 7.52. The number of rotatable bonds is 10. The van der Waals surface area contributed by atoms with Crippen LogP contribution in [-0.2, 0) is 11.2 Å². The number of hydrogen-bond acceptors (Lipinski definition) is 4. The van der Waals surface area contributed by atoms with Crippen LogP contribution in [0, 0.1) is 6.92 Å². The fourth-order valence-corrected chi connectivity index (χ4v) is 3.07. The van der Waals surface area contributed by atoms with E-state index in [4.69, 9.17) is 4.74 Å². The average Bonchev–Trinajstić information content (AvgIpc) is 3.04. The van der Waals surface area contributed by atoms with Crippen LogP contribution in [0.25, 0.3) is 6.08 Å². The highest BCUT2D eigenvalue weighted by Crippen LogP contribution is 2.13. The van der Waals surface area contributed by atoms with Gasteiger partial charge >= 0.3 is 0 Å². The predicted molar refractivity (Wildman–Crippen MR) is 104 cm³/mol. The molecule has 0 aliphatic heterocycles. The third-order valence-corrected chi connectivity index (χ3v) is 4.59. The molecule has 1 heterocycles. The highest BCUT2D eigenvalue weighted by Gasteiger charge is 2.00. The Morgan fingerprint density at radius 2 is 2.08 bits per heavy atom. The minimum atomic E-state index is -0.0589. The maximum absolute atomic E-state index is 11.8. The predicted octanol–water partition coefficient (Wildman–Crippen LogP) is 4.39. The van der Waals surface area contributed by atoms with Gasteiger partial charge in [0.05, 0.1) is 11.6 Å². The summed E-state index contributed by atoms with van der Waals surface area (Å²) in [4.78, 5) is 16.3. The molecule has 0 aliphatic rings. The molecule has 25 heavy (non-hydrogen) atoms. The van der Waals surface area contributed by atoms with Crippen molar-refractivity contribution in [3.63, 3.8) is 0 Å². The molecule has 0 saturated carbocycles. The zero-order valence-electron chi connectivity index (χ0n) is 15.0. The van der Waals surface area contributed by atoms with Crippen molar-refractivity contribution in [3.05, 3.63) is 52.0 Å². The molecule has 0 unspecified atom stereocenters. The number of carbonyl (C=O) groups is 1. The lowest BCUT2D eigenvalue weighted by atomic mass is 10.2. The third-order valence-electron chi connectivity index (χ3n) is 3.56. The maximum atomic E-state index is 11.8. The monoisotopic (exact) mass is 358 g/mol. The van der Waals surface area contributed by atoms with Crippen LogP contribution in [-0.4, -0.2) is 24.0 Å². The number of thiazole rings is 1. The van der Waals surface area contributed by atoms with Crippen molar-refractivity contribution in [1.82, 2.24) is 10.3 Å². The highest BCUT2D eigenvalue weighted by molar-refractivity contribution is 7.09. The van der Waals surface area contributed by atoms with E-state index in [2.05, 4.69) is 22.6 Å². The van der Waals surface area contributed by atoms with Crippen molar-refractivity contribution >= 4 is 23.3 Å². The number of aromatic nitrogens is 1. The Hall–Kier alpha value is -2.14. The Morgan fingerprint density at radius 3 is 2.76 bits per heavy atom. The number of ether oxygens (including phenoxy) is 1. The lowest BCUT2D eigenvalue weighted by Crippen LogP contribution is -2.22. The molecule has 0 fully saturated rings. The van der Waals surface area contributed by atoms with E-state index in [1.807, 2.05) is 37.3 Å². The van der Waals surface area contributed by atoms with Crippen molar-refractivity contribution in [1.29, 1.82) is 0 Å². The summed E-state index contributed by atoms with van der Waals surface area (Å²) in [6.07, 6.45) is 7.36. The van der Waals surface area contributed by atoms with Crippen LogP contribution in [0.1, 0.15) is 42.5 Å². The van der Waals surface area contributed by atoms with Crippen LogP contribution in [0.3, 0.4) is 0 Å². The topological polar surface area (TPSA) is 51.2 Å². The van der Waals surface area contributed by atoms with Gasteiger partial charge in [0.2, 0.25) is 5.91 Å². The first-order valence-corrected chi connectivity index (χ1v) is 9.65. The van der Waals surface area contributed by atoms with Gasteiger partial charge < -0.3 is 10.1 Å². The molecule has 5 heteroatoms. The van der Waals surface area contributed by atoms with Crippen molar-refractivity contribution in [2.24, 2.45) is 0 Å². The second kappa shape index (κ2) is 10.7. The molecule has 0 atom stereocenters. The molecule has 0 bridgehead atoms. The van der Waals surface area contributed by atoms with Crippen molar-refractivity contribution in [3.8, 4) is 5.75 Å². The molecular formula is C20H26N2O2S. The maximum Gasteiger partial charge on any atom is 0.243 e. The second-order valence-corrected chi connectivity index (χ2v) is 6.82. The zero-order valence-corrected chi connectivity index (χ0v) is 15.8. The van der Waals surface area contributed by atoms with Gasteiger partial charge in [-0.25, -0.2) is 4.98 Å². The molecule has 1 aromatic carbocycles. The summed E-state index contributed by atoms with van der Waals surface area (Å²) in [5, 5.41) is 6.17. The quantitative estimate of drug-likeness (QED) is 0.506. The lowest BCUT2D eigenvalue weighted by Gasteiger charge is -2.04. The van der Waals surface area contributed by atoms with Gasteiger partial charge in [0.25, 0.3) is 0 Å². The van der Waals surface area contributed by atoms with Crippen LogP contribution in [0.15, 0.2) is 35.7 Å². The number of benzene rings is 1. The number of nitrogens with zero attached hydrogens (tertiary/aromatic N) is 1. The van der Waals surface area contributed by atoms with Crippen molar-refractivity contribution < 1.29 is 9.53 Å². The molecule has 0 saturated heterocycles. The van der Waals surface area contributed by atoms with E-state index < -0.39 is 0 Å². The zero-order chi connectivity index (χ0) is 17.9. The smallest absolute Gasteiger partial charge is 0.243 e. The van der Waals surface area contributed by atoms with Crippen LogP contribution in [0.5, 0.6) is 5.75 Å². The van der Waals surface area contributed by atoms with E-state index in [-0.39, 0.29) is 5.91 Å². The Labute approximate surface area is 153 Å². The summed E-state index contributed by atoms with van der Waals surface area (Å²) < 4.78 is 5.54. The molecule has 0 spiro atoms. The number of carbonyl (C=O) groups excluding carboxylic acids is 1. The first kappa shape index (κ1) is 19.2. The minimum absolute atomic E-state index is 0.0589. The normalized spacial score (nSPS) is 11.0. The SMILES string of the molecule is CCCOc1ccc(/C=C/C(=O)NCCCCc2nc(C)cs2)cc1. The molecule has 4 nitrogen and oxygen atoms in total. The Morgan fingerprint density at radius 1 is 1.28 bits per heavy atom. The summed E-state index contributed by atoms with van der Waals surface area (Å²) in [7, 11) is 0. The van der Waals surface area contributed by atoms with Crippen LogP contribution < -0.4 is 10.1 Å². The van der Waals surface area contributed by atoms with Gasteiger partial charge in [-0.05, 0) is 56.4 Å². The Balaban J connectivity index is 1.63. The molecule has 0 aliphatic carbocycles. The van der Waals surface area contributed by atoms with E-state index in [1.54, 1.807) is 17.4 Å². The molecule has 2 aromatic rings. The molecule has 134 valence electrons. The van der Waals surface area contributed by atoms with Gasteiger partial charge in [0.15, 0.2) is 0 Å². The Bertz CT molecular complexity index is 677. The summed E-state index contributed by atoms with van der Waals surface area (Å²) >= 11 is 1.71. The summed E-state index contributed by atoms with van der Waals surface area (Å²) in [6, 6.07) is 7.75. The lowest BCUT2D eigenvalue weighted by molar-refractivity contribution is -0.116. The first-order valence-electron chi connectivity index (χ1n) is 8.77. The number of amides is 1. The van der Waals surface area contributed by atoms with Gasteiger partial charge in [0.1, 0.15) is 5.75 Å². The van der Waals surface area contributed by atoms with Crippen LogP contribution in [0.2, 0.25) is 0 Å². The summed E-state index contributed by atoms with van der Waals surface area (Å²) in [5.41, 5.74) is 2.07. The summed E-state index contributed by atoms with van der Waals surface area (Å²) in [5.74, 6) is 0.801. The minimum Gasteiger partial charge on any atom is -0.494 e. The van der Waals surface area contributed by atoms with E-state index >= 15 is 0 Å². The van der Waals surface area contributed by atoms with Crippen LogP contribution in [0.4, 0.5) is 0 Å². The molecule has 1 aromatic heterocycles. The molecule has 0 radical (unpaired) electrons. The van der Waals surface area contributed by atoms with E-state index in [0.29, 0.717) is 6.54 Å². The molecular weight excluding hydrogens is 332 g/mol. The fraction of sp³-hybridized carbons (Fsp3) is 0.400. The molecule has 1 N–H and O–H groups in total. The highest BCUT2D eigenvalue weighted by atomic mass is 32.1. The van der Waals surface area contributed by atoms with Crippen molar-refractivity contribution in [2.45, 2.75) is 39.5 Å². The van der Waals surface area contributed by atoms with E-state index in [9.17, 15) is 4.79 Å². The number of hydrogen-bond donors (Lipinski definition) is 1. The summed E-state index contributed by atoms with van der Waals surface area (Å²) in [6.45, 7) is 5.51. The average molecular weight is 359 g/mol. The Kier molecular flexibility index (Phi) is 8.19. The van der Waals surface area contributed by atoms with Gasteiger partial charge in [-0.2, -0.15) is 0 Å².